The molecule has 2 aliphatic rings. The molecule has 2 N–H and O–H groups in total. The Bertz CT molecular complexity index is 319. The second kappa shape index (κ2) is 5.32. The molecule has 3 unspecified atom stereocenters. The Morgan fingerprint density at radius 3 is 2.53 bits per heavy atom. The Labute approximate surface area is 118 Å². The third-order valence-corrected chi connectivity index (χ3v) is 5.49. The molecule has 0 aromatic carbocycles. The van der Waals surface area contributed by atoms with Gasteiger partial charge >= 0.3 is 0 Å². The first-order valence-electron chi connectivity index (χ1n) is 7.59. The Hall–Kier alpha value is -0.160. The predicted molar refractivity (Wildman–Crippen MR) is 79.3 cm³/mol. The van der Waals surface area contributed by atoms with Gasteiger partial charge in [0.1, 0.15) is 0 Å². The lowest BCUT2D eigenvalue weighted by molar-refractivity contribution is -0.155. The summed E-state index contributed by atoms with van der Waals surface area (Å²) < 4.78 is 5.81. The molecule has 4 nitrogen and oxygen atoms in total. The Balaban J connectivity index is 1.90. The van der Waals surface area contributed by atoms with Crippen molar-refractivity contribution in [2.24, 2.45) is 11.1 Å². The van der Waals surface area contributed by atoms with Gasteiger partial charge in [-0.15, -0.1) is 0 Å². The topological polar surface area (TPSA) is 41.7 Å². The average Bonchev–Trinajstić information content (AvgIpc) is 2.77. The van der Waals surface area contributed by atoms with Gasteiger partial charge in [-0.2, -0.15) is 0 Å². The van der Waals surface area contributed by atoms with E-state index >= 15 is 0 Å². The fourth-order valence-corrected chi connectivity index (χ4v) is 3.55. The highest BCUT2D eigenvalue weighted by Crippen LogP contribution is 2.50. The zero-order valence-corrected chi connectivity index (χ0v) is 13.3. The molecule has 0 amide bonds. The van der Waals surface area contributed by atoms with E-state index in [4.69, 9.17) is 10.5 Å². The minimum Gasteiger partial charge on any atom is -0.378 e. The van der Waals surface area contributed by atoms with E-state index in [0.29, 0.717) is 12.1 Å². The number of ether oxygens (including phenoxy) is 1. The molecule has 0 aromatic rings. The maximum Gasteiger partial charge on any atom is 0.0662 e. The van der Waals surface area contributed by atoms with Gasteiger partial charge in [-0.05, 0) is 40.4 Å². The zero-order chi connectivity index (χ0) is 14.3. The van der Waals surface area contributed by atoms with Crippen LogP contribution in [0.25, 0.3) is 0 Å². The molecule has 112 valence electrons. The van der Waals surface area contributed by atoms with E-state index in [0.717, 1.165) is 26.1 Å². The van der Waals surface area contributed by atoms with Crippen LogP contribution in [-0.2, 0) is 4.74 Å². The van der Waals surface area contributed by atoms with Crippen LogP contribution in [0.15, 0.2) is 0 Å². The lowest BCUT2D eigenvalue weighted by Gasteiger charge is -2.60. The van der Waals surface area contributed by atoms with Gasteiger partial charge in [-0.25, -0.2) is 0 Å². The highest BCUT2D eigenvalue weighted by Gasteiger charge is 2.59. The summed E-state index contributed by atoms with van der Waals surface area (Å²) in [5, 5.41) is 0. The molecule has 0 bridgehead atoms. The maximum absolute atomic E-state index is 6.67. The molecule has 2 fully saturated rings. The number of rotatable bonds is 5. The van der Waals surface area contributed by atoms with Crippen molar-refractivity contribution < 1.29 is 4.74 Å². The van der Waals surface area contributed by atoms with Crippen LogP contribution in [0, 0.1) is 5.41 Å². The Morgan fingerprint density at radius 1 is 1.37 bits per heavy atom. The molecule has 1 aliphatic carbocycles. The molecule has 3 atom stereocenters. The van der Waals surface area contributed by atoms with Crippen molar-refractivity contribution in [3.63, 3.8) is 0 Å². The van der Waals surface area contributed by atoms with Gasteiger partial charge in [0.2, 0.25) is 0 Å². The normalized spacial score (nSPS) is 38.7. The maximum atomic E-state index is 6.67. The van der Waals surface area contributed by atoms with E-state index in [1.165, 1.54) is 13.0 Å². The second-order valence-electron chi connectivity index (χ2n) is 7.17. The zero-order valence-electron chi connectivity index (χ0n) is 13.3. The van der Waals surface area contributed by atoms with Crippen LogP contribution >= 0.6 is 0 Å². The lowest BCUT2D eigenvalue weighted by atomic mass is 9.54. The van der Waals surface area contributed by atoms with Gasteiger partial charge in [0.05, 0.1) is 6.10 Å². The van der Waals surface area contributed by atoms with Crippen LogP contribution in [0.5, 0.6) is 0 Å². The molecule has 1 saturated heterocycles. The van der Waals surface area contributed by atoms with Crippen LogP contribution in [0.1, 0.15) is 33.6 Å². The number of nitrogens with zero attached hydrogens (tertiary/aromatic N) is 2. The van der Waals surface area contributed by atoms with Crippen molar-refractivity contribution in [1.82, 2.24) is 9.80 Å². The summed E-state index contributed by atoms with van der Waals surface area (Å²) in [7, 11) is 4.34. The van der Waals surface area contributed by atoms with Gasteiger partial charge in [0, 0.05) is 36.7 Å². The van der Waals surface area contributed by atoms with Gasteiger partial charge in [0.15, 0.2) is 0 Å². The molecule has 0 radical (unpaired) electrons. The van der Waals surface area contributed by atoms with E-state index in [1.807, 2.05) is 0 Å². The second-order valence-corrected chi connectivity index (χ2v) is 7.17. The standard InChI is InChI=1S/C15H31N3O/c1-6-19-13-9-15(16,14(13,2)3)11-18-8-7-12(10-18)17(4)5/h12-13H,6-11,16H2,1-5H3. The van der Waals surface area contributed by atoms with Crippen molar-refractivity contribution in [2.75, 3.05) is 40.3 Å². The van der Waals surface area contributed by atoms with Crippen molar-refractivity contribution >= 4 is 0 Å². The quantitative estimate of drug-likeness (QED) is 0.813. The van der Waals surface area contributed by atoms with Crippen LogP contribution in [0.4, 0.5) is 0 Å². The fraction of sp³-hybridized carbons (Fsp3) is 1.00. The van der Waals surface area contributed by atoms with E-state index < -0.39 is 0 Å². The van der Waals surface area contributed by atoms with Crippen molar-refractivity contribution in [3.05, 3.63) is 0 Å². The molecule has 0 aromatic heterocycles. The van der Waals surface area contributed by atoms with Crippen LogP contribution in [-0.4, -0.2) is 67.8 Å². The highest BCUT2D eigenvalue weighted by molar-refractivity contribution is 5.15. The van der Waals surface area contributed by atoms with E-state index in [9.17, 15) is 0 Å². The summed E-state index contributed by atoms with van der Waals surface area (Å²) >= 11 is 0. The minimum atomic E-state index is -0.0892. The van der Waals surface area contributed by atoms with E-state index in [-0.39, 0.29) is 11.0 Å². The molecule has 2 rings (SSSR count). The molecule has 1 aliphatic heterocycles. The molecular formula is C15H31N3O. The van der Waals surface area contributed by atoms with E-state index in [1.54, 1.807) is 0 Å². The average molecular weight is 269 g/mol. The predicted octanol–water partition coefficient (Wildman–Crippen LogP) is 1.15. The monoisotopic (exact) mass is 269 g/mol. The van der Waals surface area contributed by atoms with E-state index in [2.05, 4.69) is 44.7 Å². The summed E-state index contributed by atoms with van der Waals surface area (Å²) in [5.74, 6) is 0. The SMILES string of the molecule is CCOC1CC(N)(CN2CCC(N(C)C)C2)C1(C)C. The molecule has 0 spiro atoms. The minimum absolute atomic E-state index is 0.0826. The third kappa shape index (κ3) is 2.68. The third-order valence-electron chi connectivity index (χ3n) is 5.49. The Morgan fingerprint density at radius 2 is 2.05 bits per heavy atom. The van der Waals surface area contributed by atoms with Gasteiger partial charge in [-0.3, -0.25) is 4.90 Å². The van der Waals surface area contributed by atoms with Crippen molar-refractivity contribution in [1.29, 1.82) is 0 Å². The molecule has 4 heteroatoms. The number of nitrogens with two attached hydrogens (primary N) is 1. The van der Waals surface area contributed by atoms with Gasteiger partial charge in [0.25, 0.3) is 0 Å². The first-order chi connectivity index (χ1) is 8.80. The fourth-order valence-electron chi connectivity index (χ4n) is 3.55. The van der Waals surface area contributed by atoms with Crippen molar-refractivity contribution in [3.8, 4) is 0 Å². The molecular weight excluding hydrogens is 238 g/mol. The first kappa shape index (κ1) is 15.2. The molecule has 19 heavy (non-hydrogen) atoms. The van der Waals surface area contributed by atoms with Crippen LogP contribution in [0.3, 0.4) is 0 Å². The summed E-state index contributed by atoms with van der Waals surface area (Å²) in [6.45, 7) is 10.7. The summed E-state index contributed by atoms with van der Waals surface area (Å²) in [5.41, 5.74) is 6.66. The molecule has 1 heterocycles. The highest BCUT2D eigenvalue weighted by atomic mass is 16.5. The summed E-state index contributed by atoms with van der Waals surface area (Å²) in [4.78, 5) is 4.87. The van der Waals surface area contributed by atoms with Crippen molar-refractivity contribution in [2.45, 2.75) is 51.3 Å². The molecule has 1 saturated carbocycles. The smallest absolute Gasteiger partial charge is 0.0662 e. The summed E-state index contributed by atoms with van der Waals surface area (Å²) in [6, 6.07) is 0.689. The van der Waals surface area contributed by atoms with Crippen LogP contribution < -0.4 is 5.73 Å². The summed E-state index contributed by atoms with van der Waals surface area (Å²) in [6.07, 6.45) is 2.59. The van der Waals surface area contributed by atoms with Gasteiger partial charge < -0.3 is 15.4 Å². The largest absolute Gasteiger partial charge is 0.378 e. The number of likely N-dealkylation sites (tertiary alicyclic amines) is 1. The van der Waals surface area contributed by atoms with Crippen LogP contribution in [0.2, 0.25) is 0 Å². The first-order valence-corrected chi connectivity index (χ1v) is 7.59. The number of likely N-dealkylation sites (N-methyl/N-ethyl adjacent to an activating group) is 1. The van der Waals surface area contributed by atoms with Gasteiger partial charge in [-0.1, -0.05) is 13.8 Å². The number of hydrogen-bond acceptors (Lipinski definition) is 4. The Kier molecular flexibility index (Phi) is 4.26. The lowest BCUT2D eigenvalue weighted by Crippen LogP contribution is -2.73. The number of hydrogen-bond donors (Lipinski definition) is 1.